The minimum absolute atomic E-state index is 0.492. The Bertz CT molecular complexity index is 307. The summed E-state index contributed by atoms with van der Waals surface area (Å²) >= 11 is 0. The molecule has 0 saturated carbocycles. The van der Waals surface area contributed by atoms with E-state index >= 15 is 0 Å². The lowest BCUT2D eigenvalue weighted by Crippen LogP contribution is -2.42. The average Bonchev–Trinajstić information content (AvgIpc) is 2.24. The SMILES string of the molecule is OC1(Cc2ccccc2)CCN(P)CC1. The monoisotopic (exact) mass is 223 g/mol. The van der Waals surface area contributed by atoms with Crippen molar-refractivity contribution in [3.05, 3.63) is 35.9 Å². The second kappa shape index (κ2) is 4.61. The molecule has 1 fully saturated rings. The van der Waals surface area contributed by atoms with Crippen LogP contribution in [0.25, 0.3) is 0 Å². The van der Waals surface area contributed by atoms with Crippen molar-refractivity contribution in [3.63, 3.8) is 0 Å². The van der Waals surface area contributed by atoms with Crippen LogP contribution in [-0.4, -0.2) is 28.5 Å². The molecule has 0 aromatic heterocycles. The molecule has 2 rings (SSSR count). The summed E-state index contributed by atoms with van der Waals surface area (Å²) in [5.41, 5.74) is 0.742. The zero-order chi connectivity index (χ0) is 10.7. The second-order valence-corrected chi connectivity index (χ2v) is 5.15. The minimum Gasteiger partial charge on any atom is -0.389 e. The standard InChI is InChI=1S/C12H18NOP/c14-12(6-8-13(15)9-7-12)10-11-4-2-1-3-5-11/h1-5,14H,6-10,15H2. The Morgan fingerprint density at radius 1 is 1.20 bits per heavy atom. The summed E-state index contributed by atoms with van der Waals surface area (Å²) in [6, 6.07) is 10.3. The first-order valence-electron chi connectivity index (χ1n) is 5.44. The van der Waals surface area contributed by atoms with Crippen LogP contribution in [0.1, 0.15) is 18.4 Å². The largest absolute Gasteiger partial charge is 0.389 e. The number of benzene rings is 1. The lowest BCUT2D eigenvalue weighted by Gasteiger charge is -2.36. The third kappa shape index (κ3) is 3.01. The van der Waals surface area contributed by atoms with Crippen LogP contribution in [-0.2, 0) is 6.42 Å². The molecule has 1 saturated heterocycles. The Morgan fingerprint density at radius 3 is 2.40 bits per heavy atom. The molecule has 2 nitrogen and oxygen atoms in total. The molecular formula is C12H18NOP. The van der Waals surface area contributed by atoms with Crippen molar-refractivity contribution in [2.75, 3.05) is 13.1 Å². The zero-order valence-corrected chi connectivity index (χ0v) is 10.0. The van der Waals surface area contributed by atoms with E-state index in [0.717, 1.165) is 32.4 Å². The predicted octanol–water partition coefficient (Wildman–Crippen LogP) is 1.85. The Labute approximate surface area is 93.6 Å². The summed E-state index contributed by atoms with van der Waals surface area (Å²) in [5.74, 6) is 0. The maximum Gasteiger partial charge on any atom is 0.0712 e. The lowest BCUT2D eigenvalue weighted by molar-refractivity contribution is -0.00306. The second-order valence-electron chi connectivity index (χ2n) is 4.42. The lowest BCUT2D eigenvalue weighted by atomic mass is 9.86. The molecule has 3 heteroatoms. The molecule has 0 bridgehead atoms. The maximum atomic E-state index is 10.4. The van der Waals surface area contributed by atoms with E-state index in [4.69, 9.17) is 0 Å². The summed E-state index contributed by atoms with van der Waals surface area (Å²) in [7, 11) is 2.71. The van der Waals surface area contributed by atoms with Gasteiger partial charge in [-0.1, -0.05) is 39.7 Å². The molecule has 82 valence electrons. The summed E-state index contributed by atoms with van der Waals surface area (Å²) in [6.45, 7) is 1.93. The minimum atomic E-state index is -0.492. The topological polar surface area (TPSA) is 23.5 Å². The fourth-order valence-electron chi connectivity index (χ4n) is 2.09. The molecule has 0 radical (unpaired) electrons. The van der Waals surface area contributed by atoms with E-state index in [-0.39, 0.29) is 0 Å². The first-order valence-corrected chi connectivity index (χ1v) is 5.96. The summed E-state index contributed by atoms with van der Waals surface area (Å²) < 4.78 is 2.19. The molecule has 15 heavy (non-hydrogen) atoms. The van der Waals surface area contributed by atoms with Gasteiger partial charge < -0.3 is 5.11 Å². The molecule has 1 heterocycles. The first kappa shape index (κ1) is 11.1. The van der Waals surface area contributed by atoms with Crippen molar-refractivity contribution in [3.8, 4) is 0 Å². The fourth-order valence-corrected chi connectivity index (χ4v) is 2.35. The quantitative estimate of drug-likeness (QED) is 0.773. The highest BCUT2D eigenvalue weighted by molar-refractivity contribution is 7.13. The van der Waals surface area contributed by atoms with Crippen molar-refractivity contribution in [2.24, 2.45) is 0 Å². The molecule has 1 N–H and O–H groups in total. The number of aliphatic hydroxyl groups is 1. The van der Waals surface area contributed by atoms with Crippen LogP contribution in [0.15, 0.2) is 30.3 Å². The smallest absolute Gasteiger partial charge is 0.0712 e. The Hall–Kier alpha value is -0.430. The van der Waals surface area contributed by atoms with Crippen LogP contribution in [0.3, 0.4) is 0 Å². The number of hydrogen-bond donors (Lipinski definition) is 1. The van der Waals surface area contributed by atoms with Crippen molar-refractivity contribution in [1.29, 1.82) is 0 Å². The van der Waals surface area contributed by atoms with E-state index in [9.17, 15) is 5.11 Å². The van der Waals surface area contributed by atoms with Crippen molar-refractivity contribution < 1.29 is 5.11 Å². The van der Waals surface area contributed by atoms with Crippen molar-refractivity contribution in [1.82, 2.24) is 4.67 Å². The Morgan fingerprint density at radius 2 is 1.80 bits per heavy atom. The van der Waals surface area contributed by atoms with Crippen molar-refractivity contribution >= 4 is 9.39 Å². The third-order valence-corrected chi connectivity index (χ3v) is 3.62. The summed E-state index contributed by atoms with van der Waals surface area (Å²) in [6.07, 6.45) is 2.52. The summed E-state index contributed by atoms with van der Waals surface area (Å²) in [5, 5.41) is 10.4. The van der Waals surface area contributed by atoms with Gasteiger partial charge in [0, 0.05) is 19.5 Å². The number of hydrogen-bond acceptors (Lipinski definition) is 2. The van der Waals surface area contributed by atoms with E-state index in [1.807, 2.05) is 18.2 Å². The number of nitrogens with zero attached hydrogens (tertiary/aromatic N) is 1. The van der Waals surface area contributed by atoms with Gasteiger partial charge in [0.15, 0.2) is 0 Å². The Balaban J connectivity index is 1.99. The maximum absolute atomic E-state index is 10.4. The number of rotatable bonds is 2. The highest BCUT2D eigenvalue weighted by Crippen LogP contribution is 2.27. The molecule has 0 aliphatic carbocycles. The van der Waals surface area contributed by atoms with Gasteiger partial charge in [-0.25, -0.2) is 0 Å². The van der Waals surface area contributed by atoms with Crippen LogP contribution in [0, 0.1) is 0 Å². The molecule has 1 aromatic rings. The van der Waals surface area contributed by atoms with E-state index in [1.54, 1.807) is 0 Å². The molecule has 1 aliphatic heterocycles. The van der Waals surface area contributed by atoms with Gasteiger partial charge in [-0.05, 0) is 18.4 Å². The number of piperidine rings is 1. The van der Waals surface area contributed by atoms with E-state index < -0.39 is 5.60 Å². The van der Waals surface area contributed by atoms with Crippen LogP contribution in [0.5, 0.6) is 0 Å². The fraction of sp³-hybridized carbons (Fsp3) is 0.500. The molecule has 1 aliphatic rings. The van der Waals surface area contributed by atoms with Gasteiger partial charge in [-0.2, -0.15) is 0 Å². The van der Waals surface area contributed by atoms with E-state index in [0.29, 0.717) is 0 Å². The normalized spacial score (nSPS) is 21.5. The van der Waals surface area contributed by atoms with Crippen LogP contribution < -0.4 is 0 Å². The van der Waals surface area contributed by atoms with Crippen molar-refractivity contribution in [2.45, 2.75) is 24.9 Å². The van der Waals surface area contributed by atoms with Crippen LogP contribution in [0.2, 0.25) is 0 Å². The van der Waals surface area contributed by atoms with E-state index in [2.05, 4.69) is 26.2 Å². The average molecular weight is 223 g/mol. The van der Waals surface area contributed by atoms with Gasteiger partial charge in [0.2, 0.25) is 0 Å². The van der Waals surface area contributed by atoms with Crippen LogP contribution in [0.4, 0.5) is 0 Å². The molecule has 1 unspecified atom stereocenters. The molecule has 0 spiro atoms. The zero-order valence-electron chi connectivity index (χ0n) is 8.89. The third-order valence-electron chi connectivity index (χ3n) is 3.10. The van der Waals surface area contributed by atoms with Crippen LogP contribution >= 0.6 is 9.39 Å². The van der Waals surface area contributed by atoms with E-state index in [1.165, 1.54) is 5.56 Å². The summed E-state index contributed by atoms with van der Waals surface area (Å²) in [4.78, 5) is 0. The van der Waals surface area contributed by atoms with Gasteiger partial charge in [0.25, 0.3) is 0 Å². The van der Waals surface area contributed by atoms with Gasteiger partial charge in [0.1, 0.15) is 0 Å². The van der Waals surface area contributed by atoms with Gasteiger partial charge in [0.05, 0.1) is 5.60 Å². The highest BCUT2D eigenvalue weighted by Gasteiger charge is 2.31. The molecule has 1 aromatic carbocycles. The van der Waals surface area contributed by atoms with Gasteiger partial charge >= 0.3 is 0 Å². The molecular weight excluding hydrogens is 205 g/mol. The molecule has 0 amide bonds. The predicted molar refractivity (Wildman–Crippen MR) is 65.6 cm³/mol. The molecule has 1 atom stereocenters. The van der Waals surface area contributed by atoms with Gasteiger partial charge in [-0.3, -0.25) is 4.67 Å². The first-order chi connectivity index (χ1) is 7.18. The van der Waals surface area contributed by atoms with Gasteiger partial charge in [-0.15, -0.1) is 0 Å². The Kier molecular flexibility index (Phi) is 3.40. The highest BCUT2D eigenvalue weighted by atomic mass is 31.0.